The van der Waals surface area contributed by atoms with Crippen LogP contribution in [-0.2, 0) is 9.53 Å². The zero-order valence-electron chi connectivity index (χ0n) is 22.2. The molecule has 208 valence electrons. The normalized spacial score (nSPS) is 16.0. The Morgan fingerprint density at radius 3 is 2.73 bits per heavy atom. The van der Waals surface area contributed by atoms with Crippen molar-refractivity contribution < 1.29 is 28.3 Å². The minimum absolute atomic E-state index is 0.00589. The number of ether oxygens (including phenoxy) is 3. The molecule has 6 rings (SSSR count). The number of esters is 1. The van der Waals surface area contributed by atoms with Crippen LogP contribution in [-0.4, -0.2) is 28.9 Å². The van der Waals surface area contributed by atoms with E-state index in [-0.39, 0.29) is 30.2 Å². The Balaban J connectivity index is 1.45. The predicted molar refractivity (Wildman–Crippen MR) is 148 cm³/mol. The molecule has 0 saturated heterocycles. The quantitative estimate of drug-likeness (QED) is 0.192. The van der Waals surface area contributed by atoms with Crippen LogP contribution in [0.1, 0.15) is 36.8 Å². The molecule has 2 aromatic heterocycles. The largest absolute Gasteiger partial charge is 0.463 e. The molecule has 4 heterocycles. The second kappa shape index (κ2) is 10.2. The lowest BCUT2D eigenvalue weighted by Gasteiger charge is -2.24. The SMILES string of the molecule is CCOC(=O)C1=C(C)N=c2sc(=Cc3ccc(-c4ccc([N+](=O)[O-])cc4C)o3)c(=O)n2[C@H]1c1ccc2c(c1)OCO2. The fourth-order valence-electron chi connectivity index (χ4n) is 4.93. The molecule has 0 bridgehead atoms. The van der Waals surface area contributed by atoms with Crippen LogP contribution < -0.4 is 24.4 Å². The molecular formula is C29H23N3O8S. The van der Waals surface area contributed by atoms with Crippen LogP contribution in [0.5, 0.6) is 11.5 Å². The van der Waals surface area contributed by atoms with E-state index in [2.05, 4.69) is 4.99 Å². The monoisotopic (exact) mass is 573 g/mol. The van der Waals surface area contributed by atoms with Crippen molar-refractivity contribution in [3.8, 4) is 22.8 Å². The molecular weight excluding hydrogens is 550 g/mol. The predicted octanol–water partition coefficient (Wildman–Crippen LogP) is 4.00. The summed E-state index contributed by atoms with van der Waals surface area (Å²) in [5, 5.41) is 11.1. The number of nitrogens with zero attached hydrogens (tertiary/aromatic N) is 3. The van der Waals surface area contributed by atoms with Crippen LogP contribution in [0.15, 0.2) is 74.0 Å². The number of hydrogen-bond donors (Lipinski definition) is 0. The highest BCUT2D eigenvalue weighted by Gasteiger charge is 2.34. The number of furan rings is 1. The molecule has 41 heavy (non-hydrogen) atoms. The Bertz CT molecular complexity index is 1950. The van der Waals surface area contributed by atoms with Crippen LogP contribution in [0.4, 0.5) is 5.69 Å². The molecule has 0 fully saturated rings. The van der Waals surface area contributed by atoms with E-state index >= 15 is 0 Å². The van der Waals surface area contributed by atoms with Gasteiger partial charge in [0.25, 0.3) is 11.2 Å². The Kier molecular flexibility index (Phi) is 6.54. The Hall–Kier alpha value is -4.97. The van der Waals surface area contributed by atoms with Crippen molar-refractivity contribution in [3.63, 3.8) is 0 Å². The standard InChI is InChI=1S/C29H23N3O8S/c1-4-37-28(34)25-16(3)30-29-31(26(25)17-5-9-22-23(12-17)39-14-38-22)27(33)24(41-29)13-19-7-10-21(40-19)20-8-6-18(32(35)36)11-15(20)2/h5-13,26H,4,14H2,1-3H3/t26-/m0/s1. The van der Waals surface area contributed by atoms with Crippen LogP contribution in [0.2, 0.25) is 0 Å². The molecule has 0 aliphatic carbocycles. The summed E-state index contributed by atoms with van der Waals surface area (Å²) in [4.78, 5) is 42.6. The molecule has 2 aliphatic rings. The maximum absolute atomic E-state index is 13.8. The van der Waals surface area contributed by atoms with Gasteiger partial charge in [-0.1, -0.05) is 17.4 Å². The second-order valence-electron chi connectivity index (χ2n) is 9.37. The molecule has 0 unspecified atom stereocenters. The van der Waals surface area contributed by atoms with E-state index in [0.717, 1.165) is 0 Å². The topological polar surface area (TPSA) is 135 Å². The van der Waals surface area contributed by atoms with Gasteiger partial charge >= 0.3 is 5.97 Å². The van der Waals surface area contributed by atoms with Gasteiger partial charge in [-0.15, -0.1) is 0 Å². The average Bonchev–Trinajstić information content (AvgIpc) is 3.67. The first kappa shape index (κ1) is 26.3. The molecule has 0 radical (unpaired) electrons. The van der Waals surface area contributed by atoms with Crippen molar-refractivity contribution >= 4 is 29.1 Å². The van der Waals surface area contributed by atoms with E-state index in [1.54, 1.807) is 63.2 Å². The zero-order chi connectivity index (χ0) is 28.8. The first-order chi connectivity index (χ1) is 19.7. The van der Waals surface area contributed by atoms with Crippen molar-refractivity contribution in [2.24, 2.45) is 4.99 Å². The number of aromatic nitrogens is 1. The molecule has 0 amide bonds. The molecule has 12 heteroatoms. The average molecular weight is 574 g/mol. The molecule has 4 aromatic rings. The van der Waals surface area contributed by atoms with Gasteiger partial charge in [0.15, 0.2) is 16.3 Å². The summed E-state index contributed by atoms with van der Waals surface area (Å²) in [6, 6.07) is 12.5. The van der Waals surface area contributed by atoms with E-state index in [4.69, 9.17) is 18.6 Å². The van der Waals surface area contributed by atoms with Gasteiger partial charge in [-0.2, -0.15) is 0 Å². The Morgan fingerprint density at radius 2 is 1.98 bits per heavy atom. The van der Waals surface area contributed by atoms with Crippen molar-refractivity contribution in [2.45, 2.75) is 26.8 Å². The lowest BCUT2D eigenvalue weighted by atomic mass is 9.95. The van der Waals surface area contributed by atoms with E-state index in [9.17, 15) is 19.7 Å². The number of allylic oxidation sites excluding steroid dienone is 1. The fourth-order valence-corrected chi connectivity index (χ4v) is 5.96. The number of nitro benzene ring substituents is 1. The highest BCUT2D eigenvalue weighted by molar-refractivity contribution is 7.07. The Morgan fingerprint density at radius 1 is 1.17 bits per heavy atom. The number of fused-ring (bicyclic) bond motifs is 2. The van der Waals surface area contributed by atoms with Crippen molar-refractivity contribution in [1.29, 1.82) is 0 Å². The van der Waals surface area contributed by atoms with E-state index in [0.29, 0.717) is 54.7 Å². The molecule has 2 aliphatic heterocycles. The van der Waals surface area contributed by atoms with E-state index in [1.165, 1.54) is 28.0 Å². The Labute approximate surface area is 236 Å². The van der Waals surface area contributed by atoms with Crippen LogP contribution in [0.25, 0.3) is 17.4 Å². The summed E-state index contributed by atoms with van der Waals surface area (Å²) in [5.74, 6) is 1.47. The van der Waals surface area contributed by atoms with Crippen LogP contribution in [0.3, 0.4) is 0 Å². The minimum Gasteiger partial charge on any atom is -0.463 e. The third-order valence-corrected chi connectivity index (χ3v) is 7.80. The highest BCUT2D eigenvalue weighted by atomic mass is 32.1. The number of non-ortho nitro benzene ring substituents is 1. The number of thiazole rings is 1. The van der Waals surface area contributed by atoms with Gasteiger partial charge in [0.05, 0.1) is 33.4 Å². The molecule has 0 saturated carbocycles. The molecule has 0 N–H and O–H groups in total. The summed E-state index contributed by atoms with van der Waals surface area (Å²) in [6.45, 7) is 5.46. The number of hydrogen-bond acceptors (Lipinski definition) is 10. The van der Waals surface area contributed by atoms with Gasteiger partial charge < -0.3 is 18.6 Å². The zero-order valence-corrected chi connectivity index (χ0v) is 23.0. The first-order valence-electron chi connectivity index (χ1n) is 12.7. The maximum atomic E-state index is 13.8. The fraction of sp³-hybridized carbons (Fsp3) is 0.207. The second-order valence-corrected chi connectivity index (χ2v) is 10.4. The molecule has 11 nitrogen and oxygen atoms in total. The van der Waals surface area contributed by atoms with Gasteiger partial charge in [-0.05, 0) is 62.2 Å². The van der Waals surface area contributed by atoms with E-state index in [1.807, 2.05) is 0 Å². The molecule has 1 atom stereocenters. The van der Waals surface area contributed by atoms with Gasteiger partial charge in [0.1, 0.15) is 11.5 Å². The van der Waals surface area contributed by atoms with E-state index < -0.39 is 16.9 Å². The lowest BCUT2D eigenvalue weighted by molar-refractivity contribution is -0.384. The number of rotatable bonds is 6. The smallest absolute Gasteiger partial charge is 0.338 e. The summed E-state index contributed by atoms with van der Waals surface area (Å²) in [6.07, 6.45) is 1.62. The summed E-state index contributed by atoms with van der Waals surface area (Å²) in [7, 11) is 0. The van der Waals surface area contributed by atoms with Crippen molar-refractivity contribution in [1.82, 2.24) is 4.57 Å². The molecule has 2 aromatic carbocycles. The third kappa shape index (κ3) is 4.61. The molecule has 0 spiro atoms. The van der Waals surface area contributed by atoms with Gasteiger partial charge in [0.2, 0.25) is 6.79 Å². The lowest BCUT2D eigenvalue weighted by Crippen LogP contribution is -2.39. The first-order valence-corrected chi connectivity index (χ1v) is 13.5. The van der Waals surface area contributed by atoms with Crippen LogP contribution in [0, 0.1) is 17.0 Å². The summed E-state index contributed by atoms with van der Waals surface area (Å²) < 4.78 is 24.2. The number of nitro groups is 1. The number of benzene rings is 2. The minimum atomic E-state index is -0.795. The third-order valence-electron chi connectivity index (χ3n) is 6.82. The van der Waals surface area contributed by atoms with Gasteiger partial charge in [0, 0.05) is 23.8 Å². The summed E-state index contributed by atoms with van der Waals surface area (Å²) >= 11 is 1.18. The summed E-state index contributed by atoms with van der Waals surface area (Å²) in [5.41, 5.74) is 2.39. The number of carbonyl (C=O) groups is 1. The van der Waals surface area contributed by atoms with Gasteiger partial charge in [-0.25, -0.2) is 9.79 Å². The van der Waals surface area contributed by atoms with Crippen LogP contribution >= 0.6 is 11.3 Å². The number of carbonyl (C=O) groups excluding carboxylic acids is 1. The maximum Gasteiger partial charge on any atom is 0.338 e. The van der Waals surface area contributed by atoms with Gasteiger partial charge in [-0.3, -0.25) is 19.5 Å². The number of aryl methyl sites for hydroxylation is 1. The highest BCUT2D eigenvalue weighted by Crippen LogP contribution is 2.38. The van der Waals surface area contributed by atoms with Crippen molar-refractivity contribution in [3.05, 3.63) is 106 Å². The van der Waals surface area contributed by atoms with Crippen molar-refractivity contribution in [2.75, 3.05) is 13.4 Å².